The molecule has 1 aromatic heterocycles. The van der Waals surface area contributed by atoms with Gasteiger partial charge in [0, 0.05) is 43.7 Å². The summed E-state index contributed by atoms with van der Waals surface area (Å²) in [5.41, 5.74) is 1.01. The number of hydrogen-bond acceptors (Lipinski definition) is 5. The van der Waals surface area contributed by atoms with Crippen LogP contribution in [0.1, 0.15) is 44.2 Å². The smallest absolute Gasteiger partial charge is 0.233 e. The van der Waals surface area contributed by atoms with Crippen molar-refractivity contribution in [3.8, 4) is 0 Å². The van der Waals surface area contributed by atoms with Gasteiger partial charge in [-0.25, -0.2) is 4.98 Å². The number of amides is 2. The lowest BCUT2D eigenvalue weighted by molar-refractivity contribution is -0.131. The number of thioether (sulfide) groups is 1. The zero-order valence-corrected chi connectivity index (χ0v) is 16.5. The van der Waals surface area contributed by atoms with Crippen LogP contribution < -0.4 is 0 Å². The molecule has 0 aromatic carbocycles. The molecule has 0 spiro atoms. The van der Waals surface area contributed by atoms with E-state index in [-0.39, 0.29) is 5.91 Å². The van der Waals surface area contributed by atoms with Crippen LogP contribution in [0.4, 0.5) is 0 Å². The number of thiazole rings is 1. The minimum absolute atomic E-state index is 0.202. The maximum absolute atomic E-state index is 12.5. The average Bonchev–Trinajstić information content (AvgIpc) is 3.29. The highest BCUT2D eigenvalue weighted by Crippen LogP contribution is 2.25. The lowest BCUT2D eigenvalue weighted by Gasteiger charge is -2.33. The summed E-state index contributed by atoms with van der Waals surface area (Å²) in [5.74, 6) is 1.44. The van der Waals surface area contributed by atoms with E-state index in [4.69, 9.17) is 0 Å². The Kier molecular flexibility index (Phi) is 6.76. The Morgan fingerprint density at radius 3 is 2.68 bits per heavy atom. The summed E-state index contributed by atoms with van der Waals surface area (Å²) in [4.78, 5) is 33.1. The van der Waals surface area contributed by atoms with Gasteiger partial charge in [0.15, 0.2) is 4.34 Å². The quantitative estimate of drug-likeness (QED) is 0.710. The molecule has 0 radical (unpaired) electrons. The summed E-state index contributed by atoms with van der Waals surface area (Å²) < 4.78 is 0.968. The molecule has 3 rings (SSSR count). The van der Waals surface area contributed by atoms with Crippen LogP contribution in [0.15, 0.2) is 9.72 Å². The molecule has 1 aromatic rings. The van der Waals surface area contributed by atoms with Crippen LogP contribution in [-0.4, -0.2) is 58.5 Å². The van der Waals surface area contributed by atoms with Crippen molar-refractivity contribution in [3.63, 3.8) is 0 Å². The molecule has 0 N–H and O–H groups in total. The van der Waals surface area contributed by atoms with Gasteiger partial charge >= 0.3 is 0 Å². The van der Waals surface area contributed by atoms with Gasteiger partial charge in [0.25, 0.3) is 0 Å². The topological polar surface area (TPSA) is 53.5 Å². The highest BCUT2D eigenvalue weighted by Gasteiger charge is 2.25. The molecule has 2 amide bonds. The molecule has 3 heterocycles. The van der Waals surface area contributed by atoms with Crippen LogP contribution in [0.25, 0.3) is 0 Å². The number of likely N-dealkylation sites (tertiary alicyclic amines) is 2. The monoisotopic (exact) mass is 381 g/mol. The summed E-state index contributed by atoms with van der Waals surface area (Å²) >= 11 is 3.14. The minimum atomic E-state index is 0.202. The van der Waals surface area contributed by atoms with Crippen molar-refractivity contribution < 1.29 is 9.59 Å². The second-order valence-corrected chi connectivity index (χ2v) is 9.10. The largest absolute Gasteiger partial charge is 0.343 e. The first-order chi connectivity index (χ1) is 12.1. The van der Waals surface area contributed by atoms with E-state index in [1.54, 1.807) is 11.3 Å². The Hall–Kier alpha value is -1.08. The van der Waals surface area contributed by atoms with Crippen LogP contribution in [0.5, 0.6) is 0 Å². The first-order valence-electron chi connectivity index (χ1n) is 9.22. The van der Waals surface area contributed by atoms with Crippen molar-refractivity contribution in [2.45, 2.75) is 49.8 Å². The molecule has 0 saturated carbocycles. The number of carbonyl (C=O) groups excluding carboxylic acids is 2. The number of carbonyl (C=O) groups is 2. The van der Waals surface area contributed by atoms with Gasteiger partial charge in [0.1, 0.15) is 0 Å². The Bertz CT molecular complexity index is 599. The van der Waals surface area contributed by atoms with Gasteiger partial charge in [-0.1, -0.05) is 11.8 Å². The molecule has 5 nitrogen and oxygen atoms in total. The van der Waals surface area contributed by atoms with Gasteiger partial charge in [-0.15, -0.1) is 11.3 Å². The first-order valence-corrected chi connectivity index (χ1v) is 11.1. The predicted molar refractivity (Wildman–Crippen MR) is 102 cm³/mol. The van der Waals surface area contributed by atoms with E-state index in [0.717, 1.165) is 68.3 Å². The van der Waals surface area contributed by atoms with Crippen molar-refractivity contribution in [1.82, 2.24) is 14.8 Å². The molecule has 0 bridgehead atoms. The second-order valence-electron chi connectivity index (χ2n) is 7.02. The maximum Gasteiger partial charge on any atom is 0.233 e. The fourth-order valence-corrected chi connectivity index (χ4v) is 5.35. The Labute approximate surface area is 158 Å². The third-order valence-electron chi connectivity index (χ3n) is 5.01. The molecule has 25 heavy (non-hydrogen) atoms. The molecule has 1 atom stereocenters. The highest BCUT2D eigenvalue weighted by molar-refractivity contribution is 8.01. The third-order valence-corrected chi connectivity index (χ3v) is 7.14. The fraction of sp³-hybridized carbons (Fsp3) is 0.722. The summed E-state index contributed by atoms with van der Waals surface area (Å²) in [7, 11) is 0. The van der Waals surface area contributed by atoms with Crippen molar-refractivity contribution >= 4 is 34.9 Å². The van der Waals surface area contributed by atoms with Crippen molar-refractivity contribution in [2.75, 3.05) is 31.9 Å². The van der Waals surface area contributed by atoms with E-state index < -0.39 is 0 Å². The second kappa shape index (κ2) is 9.03. The molecule has 138 valence electrons. The Balaban J connectivity index is 1.40. The van der Waals surface area contributed by atoms with Crippen molar-refractivity contribution in [2.24, 2.45) is 5.92 Å². The van der Waals surface area contributed by atoms with Crippen LogP contribution >= 0.6 is 23.1 Å². The summed E-state index contributed by atoms with van der Waals surface area (Å²) in [5, 5.41) is 2.01. The lowest BCUT2D eigenvalue weighted by Crippen LogP contribution is -2.41. The van der Waals surface area contributed by atoms with Gasteiger partial charge in [0.2, 0.25) is 11.8 Å². The van der Waals surface area contributed by atoms with E-state index >= 15 is 0 Å². The third kappa shape index (κ3) is 5.45. The molecule has 0 unspecified atom stereocenters. The van der Waals surface area contributed by atoms with E-state index in [1.165, 1.54) is 11.8 Å². The fourth-order valence-electron chi connectivity index (χ4n) is 3.59. The van der Waals surface area contributed by atoms with Crippen molar-refractivity contribution in [3.05, 3.63) is 11.1 Å². The van der Waals surface area contributed by atoms with Gasteiger partial charge in [-0.3, -0.25) is 9.59 Å². The average molecular weight is 382 g/mol. The number of rotatable bonds is 6. The molecule has 2 saturated heterocycles. The zero-order chi connectivity index (χ0) is 17.6. The zero-order valence-electron chi connectivity index (χ0n) is 14.9. The molecular weight excluding hydrogens is 354 g/mol. The van der Waals surface area contributed by atoms with Crippen LogP contribution in [-0.2, 0) is 9.59 Å². The Morgan fingerprint density at radius 2 is 1.96 bits per heavy atom. The number of nitrogens with zero attached hydrogens (tertiary/aromatic N) is 3. The maximum atomic E-state index is 12.5. The van der Waals surface area contributed by atoms with Gasteiger partial charge in [0.05, 0.1) is 5.75 Å². The number of aryl methyl sites for hydroxylation is 1. The summed E-state index contributed by atoms with van der Waals surface area (Å²) in [6.07, 6.45) is 6.03. The van der Waals surface area contributed by atoms with Crippen molar-refractivity contribution in [1.29, 1.82) is 0 Å². The van der Waals surface area contributed by atoms with E-state index in [0.29, 0.717) is 24.0 Å². The molecule has 2 fully saturated rings. The number of piperidine rings is 1. The first kappa shape index (κ1) is 18.7. The standard InChI is InChI=1S/C18H27N3O2S2/c1-14-12-24-18(19-14)25-13-17(23)21-10-4-5-15(11-21)6-7-16(22)20-8-2-3-9-20/h12,15H,2-11,13H2,1H3/t15-/m0/s1. The molecule has 0 aliphatic carbocycles. The van der Waals surface area contributed by atoms with Gasteiger partial charge < -0.3 is 9.80 Å². The van der Waals surface area contributed by atoms with Crippen LogP contribution in [0.2, 0.25) is 0 Å². The van der Waals surface area contributed by atoms with E-state index in [1.807, 2.05) is 22.1 Å². The van der Waals surface area contributed by atoms with E-state index in [9.17, 15) is 9.59 Å². The lowest BCUT2D eigenvalue weighted by atomic mass is 9.93. The van der Waals surface area contributed by atoms with Gasteiger partial charge in [-0.2, -0.15) is 0 Å². The summed E-state index contributed by atoms with van der Waals surface area (Å²) in [6.45, 7) is 5.50. The normalized spacial score (nSPS) is 20.9. The minimum Gasteiger partial charge on any atom is -0.343 e. The van der Waals surface area contributed by atoms with Crippen LogP contribution in [0, 0.1) is 12.8 Å². The predicted octanol–water partition coefficient (Wildman–Crippen LogP) is 3.18. The summed E-state index contributed by atoms with van der Waals surface area (Å²) in [6, 6.07) is 0. The highest BCUT2D eigenvalue weighted by atomic mass is 32.2. The Morgan fingerprint density at radius 1 is 1.20 bits per heavy atom. The molecule has 2 aliphatic heterocycles. The molecule has 7 heteroatoms. The van der Waals surface area contributed by atoms with Crippen LogP contribution in [0.3, 0.4) is 0 Å². The molecular formula is C18H27N3O2S2. The van der Waals surface area contributed by atoms with E-state index in [2.05, 4.69) is 4.98 Å². The molecule has 2 aliphatic rings. The number of aromatic nitrogens is 1. The van der Waals surface area contributed by atoms with Gasteiger partial charge in [-0.05, 0) is 44.9 Å². The SMILES string of the molecule is Cc1csc(SCC(=O)N2CCC[C@@H](CCC(=O)N3CCCC3)C2)n1. The number of hydrogen-bond donors (Lipinski definition) is 0.